The number of para-hydroxylation sites is 1. The molecule has 1 amide bonds. The molecule has 1 unspecified atom stereocenters. The fourth-order valence-electron chi connectivity index (χ4n) is 3.18. The highest BCUT2D eigenvalue weighted by molar-refractivity contribution is 14.0. The van der Waals surface area contributed by atoms with Crippen LogP contribution in [0.2, 0.25) is 0 Å². The fourth-order valence-corrected chi connectivity index (χ4v) is 3.18. The van der Waals surface area contributed by atoms with Crippen LogP contribution in [0.15, 0.2) is 47.6 Å². The standard InChI is InChI=1S/C21H27N5O.HI/c1-3-22-21(23-11-10-16-9-8-15(2)24-13-16)25-14-17-12-20(27)26-19-7-5-4-6-18(17)19;/h4-9,13,17H,3,10-12,14H2,1-2H3,(H,26,27)(H2,22,23,25);1H. The van der Waals surface area contributed by atoms with E-state index in [1.165, 1.54) is 5.56 Å². The zero-order valence-electron chi connectivity index (χ0n) is 16.4. The van der Waals surface area contributed by atoms with Gasteiger partial charge in [-0.2, -0.15) is 0 Å². The topological polar surface area (TPSA) is 78.4 Å². The summed E-state index contributed by atoms with van der Waals surface area (Å²) in [4.78, 5) is 21.0. The van der Waals surface area contributed by atoms with Crippen LogP contribution in [0.3, 0.4) is 0 Å². The van der Waals surface area contributed by atoms with Crippen molar-refractivity contribution in [2.75, 3.05) is 25.0 Å². The maximum atomic E-state index is 12.0. The van der Waals surface area contributed by atoms with Crippen molar-refractivity contribution in [2.24, 2.45) is 4.99 Å². The number of aliphatic imine (C=N–C) groups is 1. The van der Waals surface area contributed by atoms with Gasteiger partial charge in [-0.1, -0.05) is 24.3 Å². The first kappa shape index (κ1) is 22.1. The van der Waals surface area contributed by atoms with E-state index in [1.807, 2.05) is 44.3 Å². The van der Waals surface area contributed by atoms with Gasteiger partial charge >= 0.3 is 0 Å². The van der Waals surface area contributed by atoms with Gasteiger partial charge in [0.05, 0.1) is 6.54 Å². The molecule has 0 spiro atoms. The average Bonchev–Trinajstić information content (AvgIpc) is 2.67. The summed E-state index contributed by atoms with van der Waals surface area (Å²) in [5, 5.41) is 9.58. The molecule has 3 rings (SSSR count). The Bertz CT molecular complexity index is 807. The lowest BCUT2D eigenvalue weighted by molar-refractivity contribution is -0.116. The van der Waals surface area contributed by atoms with Crippen molar-refractivity contribution in [1.82, 2.24) is 15.6 Å². The number of amides is 1. The summed E-state index contributed by atoms with van der Waals surface area (Å²) in [5.41, 5.74) is 4.28. The number of rotatable bonds is 6. The van der Waals surface area contributed by atoms with E-state index in [0.29, 0.717) is 13.0 Å². The zero-order valence-corrected chi connectivity index (χ0v) is 18.7. The van der Waals surface area contributed by atoms with Gasteiger partial charge in [0.25, 0.3) is 0 Å². The highest BCUT2D eigenvalue weighted by atomic mass is 127. The summed E-state index contributed by atoms with van der Waals surface area (Å²) >= 11 is 0. The molecule has 0 saturated heterocycles. The van der Waals surface area contributed by atoms with E-state index >= 15 is 0 Å². The maximum absolute atomic E-state index is 12.0. The first-order chi connectivity index (χ1) is 13.2. The lowest BCUT2D eigenvalue weighted by Crippen LogP contribution is -2.38. The minimum absolute atomic E-state index is 0. The molecule has 0 bridgehead atoms. The van der Waals surface area contributed by atoms with Crippen LogP contribution in [0.4, 0.5) is 5.69 Å². The number of aromatic nitrogens is 1. The Morgan fingerprint density at radius 1 is 1.25 bits per heavy atom. The van der Waals surface area contributed by atoms with Crippen molar-refractivity contribution in [1.29, 1.82) is 0 Å². The van der Waals surface area contributed by atoms with Crippen LogP contribution in [-0.2, 0) is 11.2 Å². The molecule has 3 N–H and O–H groups in total. The van der Waals surface area contributed by atoms with E-state index in [2.05, 4.69) is 33.1 Å². The molecule has 2 heterocycles. The number of benzene rings is 1. The Morgan fingerprint density at radius 2 is 2.07 bits per heavy atom. The van der Waals surface area contributed by atoms with E-state index in [9.17, 15) is 4.79 Å². The molecule has 1 aromatic carbocycles. The number of nitrogens with one attached hydrogen (secondary N) is 3. The largest absolute Gasteiger partial charge is 0.357 e. The van der Waals surface area contributed by atoms with Crippen molar-refractivity contribution in [2.45, 2.75) is 32.6 Å². The van der Waals surface area contributed by atoms with E-state index in [1.54, 1.807) is 0 Å². The molecule has 0 fully saturated rings. The summed E-state index contributed by atoms with van der Waals surface area (Å²) in [5.74, 6) is 0.937. The molecule has 150 valence electrons. The molecule has 0 saturated carbocycles. The predicted molar refractivity (Wildman–Crippen MR) is 125 cm³/mol. The SMILES string of the molecule is CCNC(=NCC1CC(=O)Nc2ccccc21)NCCc1ccc(C)nc1.I. The van der Waals surface area contributed by atoms with Crippen molar-refractivity contribution < 1.29 is 4.79 Å². The molecule has 2 aromatic rings. The van der Waals surface area contributed by atoms with E-state index in [-0.39, 0.29) is 35.8 Å². The van der Waals surface area contributed by atoms with E-state index in [0.717, 1.165) is 42.4 Å². The molecule has 1 aliphatic heterocycles. The lowest BCUT2D eigenvalue weighted by atomic mass is 9.91. The van der Waals surface area contributed by atoms with Crippen LogP contribution < -0.4 is 16.0 Å². The molecule has 1 aromatic heterocycles. The van der Waals surface area contributed by atoms with Crippen molar-refractivity contribution in [3.63, 3.8) is 0 Å². The van der Waals surface area contributed by atoms with Gasteiger partial charge in [-0.25, -0.2) is 0 Å². The maximum Gasteiger partial charge on any atom is 0.225 e. The number of halogens is 1. The first-order valence-electron chi connectivity index (χ1n) is 9.48. The predicted octanol–water partition coefficient (Wildman–Crippen LogP) is 3.23. The number of carbonyl (C=O) groups excluding carboxylic acids is 1. The van der Waals surface area contributed by atoms with Gasteiger partial charge in [0, 0.05) is 43.0 Å². The Morgan fingerprint density at radius 3 is 2.82 bits per heavy atom. The normalized spacial score (nSPS) is 15.9. The summed E-state index contributed by atoms with van der Waals surface area (Å²) in [6, 6.07) is 12.1. The number of pyridine rings is 1. The van der Waals surface area contributed by atoms with Crippen LogP contribution in [0, 0.1) is 6.92 Å². The second kappa shape index (κ2) is 11.0. The van der Waals surface area contributed by atoms with E-state index < -0.39 is 0 Å². The van der Waals surface area contributed by atoms with Crippen LogP contribution in [-0.4, -0.2) is 36.5 Å². The van der Waals surface area contributed by atoms with Gasteiger partial charge in [0.15, 0.2) is 5.96 Å². The monoisotopic (exact) mass is 493 g/mol. The van der Waals surface area contributed by atoms with Crippen molar-refractivity contribution >= 4 is 41.5 Å². The Hall–Kier alpha value is -2.16. The van der Waals surface area contributed by atoms with Gasteiger partial charge in [-0.3, -0.25) is 14.8 Å². The molecule has 0 radical (unpaired) electrons. The highest BCUT2D eigenvalue weighted by Crippen LogP contribution is 2.31. The Labute approximate surface area is 183 Å². The molecule has 0 aliphatic carbocycles. The third kappa shape index (κ3) is 6.19. The second-order valence-electron chi connectivity index (χ2n) is 6.74. The van der Waals surface area contributed by atoms with E-state index in [4.69, 9.17) is 4.99 Å². The lowest BCUT2D eigenvalue weighted by Gasteiger charge is -2.24. The van der Waals surface area contributed by atoms with Crippen LogP contribution >= 0.6 is 24.0 Å². The first-order valence-corrected chi connectivity index (χ1v) is 9.48. The molecule has 28 heavy (non-hydrogen) atoms. The fraction of sp³-hybridized carbons (Fsp3) is 0.381. The molecule has 6 nitrogen and oxygen atoms in total. The molecule has 7 heteroatoms. The molecule has 1 atom stereocenters. The summed E-state index contributed by atoms with van der Waals surface area (Å²) in [6.45, 7) is 6.18. The molecule has 1 aliphatic rings. The Balaban J connectivity index is 0.00000280. The number of nitrogens with zero attached hydrogens (tertiary/aromatic N) is 2. The van der Waals surface area contributed by atoms with Crippen molar-refractivity contribution in [3.05, 3.63) is 59.4 Å². The summed E-state index contributed by atoms with van der Waals surface area (Å²) in [6.07, 6.45) is 3.26. The molecular formula is C21H28IN5O. The number of guanidine groups is 1. The van der Waals surface area contributed by atoms with Gasteiger partial charge in [0.2, 0.25) is 5.91 Å². The number of fused-ring (bicyclic) bond motifs is 1. The number of carbonyl (C=O) groups is 1. The third-order valence-electron chi connectivity index (χ3n) is 4.60. The number of anilines is 1. The molecular weight excluding hydrogens is 465 g/mol. The summed E-state index contributed by atoms with van der Waals surface area (Å²) < 4.78 is 0. The number of hydrogen-bond acceptors (Lipinski definition) is 3. The van der Waals surface area contributed by atoms with Gasteiger partial charge in [-0.15, -0.1) is 24.0 Å². The van der Waals surface area contributed by atoms with Gasteiger partial charge in [0.1, 0.15) is 0 Å². The number of hydrogen-bond donors (Lipinski definition) is 3. The zero-order chi connectivity index (χ0) is 19.1. The third-order valence-corrected chi connectivity index (χ3v) is 4.60. The van der Waals surface area contributed by atoms with Gasteiger partial charge in [-0.05, 0) is 43.5 Å². The highest BCUT2D eigenvalue weighted by Gasteiger charge is 2.24. The second-order valence-corrected chi connectivity index (χ2v) is 6.74. The average molecular weight is 493 g/mol. The smallest absolute Gasteiger partial charge is 0.225 e. The van der Waals surface area contributed by atoms with Gasteiger partial charge < -0.3 is 16.0 Å². The van der Waals surface area contributed by atoms with Crippen LogP contribution in [0.25, 0.3) is 0 Å². The number of aryl methyl sites for hydroxylation is 1. The quantitative estimate of drug-likeness (QED) is 0.328. The van der Waals surface area contributed by atoms with Crippen LogP contribution in [0.5, 0.6) is 0 Å². The minimum atomic E-state index is 0. The minimum Gasteiger partial charge on any atom is -0.357 e. The van der Waals surface area contributed by atoms with Crippen molar-refractivity contribution in [3.8, 4) is 0 Å². The Kier molecular flexibility index (Phi) is 8.69. The summed E-state index contributed by atoms with van der Waals surface area (Å²) in [7, 11) is 0. The van der Waals surface area contributed by atoms with Crippen LogP contribution in [0.1, 0.15) is 36.1 Å².